The molecule has 2 fully saturated rings. The zero-order valence-corrected chi connectivity index (χ0v) is 29.3. The molecule has 0 spiro atoms. The van der Waals surface area contributed by atoms with E-state index in [-0.39, 0.29) is 30.5 Å². The molecule has 0 N–H and O–H groups in total. The van der Waals surface area contributed by atoms with Crippen LogP contribution in [0.15, 0.2) is 60.7 Å². The van der Waals surface area contributed by atoms with Crippen molar-refractivity contribution in [3.05, 3.63) is 71.8 Å². The van der Waals surface area contributed by atoms with Crippen molar-refractivity contribution in [1.29, 1.82) is 0 Å². The van der Waals surface area contributed by atoms with Crippen molar-refractivity contribution in [2.75, 3.05) is 26.2 Å². The zero-order chi connectivity index (χ0) is 31.1. The van der Waals surface area contributed by atoms with E-state index >= 15 is 0 Å². The molecule has 0 aromatic heterocycles. The molecule has 0 bridgehead atoms. The fraction of sp³-hybridized carbons (Fsp3) is 0.657. The van der Waals surface area contributed by atoms with Crippen LogP contribution in [0.4, 0.5) is 0 Å². The van der Waals surface area contributed by atoms with Gasteiger partial charge in [-0.2, -0.15) is 4.31 Å². The first-order chi connectivity index (χ1) is 20.5. The number of nitrogens with zero attached hydrogens (tertiary/aromatic N) is 2. The summed E-state index contributed by atoms with van der Waals surface area (Å²) in [6.45, 7) is 13.5. The first kappa shape index (κ1) is 34.3. The van der Waals surface area contributed by atoms with E-state index in [1.54, 1.807) is 4.31 Å². The minimum atomic E-state index is -3.50. The van der Waals surface area contributed by atoms with Gasteiger partial charge in [-0.05, 0) is 68.0 Å². The van der Waals surface area contributed by atoms with Gasteiger partial charge in [0.15, 0.2) is 0 Å². The van der Waals surface area contributed by atoms with Crippen molar-refractivity contribution in [3.63, 3.8) is 0 Å². The minimum Gasteiger partial charge on any atom is -0.377 e. The summed E-state index contributed by atoms with van der Waals surface area (Å²) in [5, 5.41) is 0. The van der Waals surface area contributed by atoms with Crippen molar-refractivity contribution in [1.82, 2.24) is 9.21 Å². The number of likely N-dealkylation sites (tertiary alicyclic amines) is 1. The molecule has 1 aliphatic heterocycles. The predicted molar refractivity (Wildman–Crippen MR) is 181 cm³/mol. The molecule has 2 aliphatic rings. The Morgan fingerprint density at radius 3 is 2.09 bits per heavy atom. The van der Waals surface area contributed by atoms with Crippen molar-refractivity contribution in [2.24, 2.45) is 0 Å². The monoisotopic (exact) mass is 628 g/mol. The van der Waals surface area contributed by atoms with Gasteiger partial charge in [0, 0.05) is 32.8 Å². The quantitative estimate of drug-likeness (QED) is 0.116. The lowest BCUT2D eigenvalue weighted by molar-refractivity contribution is -0.0349. The molecule has 1 aliphatic carbocycles. The summed E-state index contributed by atoms with van der Waals surface area (Å²) < 4.78 is 41.3. The maximum absolute atomic E-state index is 13.4. The number of hydrogen-bond acceptors (Lipinski definition) is 5. The average molecular weight is 629 g/mol. The van der Waals surface area contributed by atoms with Gasteiger partial charge in [0.25, 0.3) is 0 Å². The molecule has 6 nitrogen and oxygen atoms in total. The zero-order valence-electron chi connectivity index (χ0n) is 27.5. The third-order valence-corrected chi connectivity index (χ3v) is 12.9. The highest BCUT2D eigenvalue weighted by molar-refractivity contribution is 7.88. The number of hydrogen-bond donors (Lipinski definition) is 0. The van der Waals surface area contributed by atoms with Crippen LogP contribution < -0.4 is 0 Å². The maximum atomic E-state index is 13.4. The van der Waals surface area contributed by atoms with E-state index in [1.165, 1.54) is 17.4 Å². The molecule has 2 aromatic carbocycles. The molecular formula is C35H56N2O4SSi. The molecular weight excluding hydrogens is 573 g/mol. The second kappa shape index (κ2) is 15.2. The van der Waals surface area contributed by atoms with Gasteiger partial charge in [-0.1, -0.05) is 94.2 Å². The van der Waals surface area contributed by atoms with E-state index in [0.29, 0.717) is 19.1 Å². The van der Waals surface area contributed by atoms with Gasteiger partial charge in [-0.3, -0.25) is 4.90 Å². The molecule has 0 unspecified atom stereocenters. The molecule has 2 atom stereocenters. The highest BCUT2D eigenvalue weighted by Crippen LogP contribution is 2.44. The second-order valence-electron chi connectivity index (χ2n) is 14.1. The van der Waals surface area contributed by atoms with Gasteiger partial charge in [-0.15, -0.1) is 0 Å². The normalized spacial score (nSPS) is 24.9. The number of ether oxygens (including phenoxy) is 2. The van der Waals surface area contributed by atoms with Gasteiger partial charge < -0.3 is 9.47 Å². The molecule has 1 saturated heterocycles. The van der Waals surface area contributed by atoms with Gasteiger partial charge in [-0.25, -0.2) is 8.42 Å². The molecule has 8 heteroatoms. The van der Waals surface area contributed by atoms with Crippen LogP contribution in [0.2, 0.25) is 25.7 Å². The third kappa shape index (κ3) is 9.24. The highest BCUT2D eigenvalue weighted by atomic mass is 32.2. The van der Waals surface area contributed by atoms with Crippen LogP contribution in [0.25, 0.3) is 0 Å². The van der Waals surface area contributed by atoms with E-state index in [0.717, 1.165) is 57.5 Å². The highest BCUT2D eigenvalue weighted by Gasteiger charge is 2.53. The molecule has 4 rings (SSSR count). The average Bonchev–Trinajstić information content (AvgIpc) is 3.28. The molecule has 1 heterocycles. The minimum absolute atomic E-state index is 0.0535. The molecule has 1 saturated carbocycles. The smallest absolute Gasteiger partial charge is 0.213 e. The van der Waals surface area contributed by atoms with Gasteiger partial charge in [0.1, 0.15) is 6.73 Å². The lowest BCUT2D eigenvalue weighted by Crippen LogP contribution is -2.52. The van der Waals surface area contributed by atoms with Crippen LogP contribution in [0, 0.1) is 0 Å². The summed E-state index contributed by atoms with van der Waals surface area (Å²) in [4.78, 5) is 2.59. The molecule has 240 valence electrons. The molecule has 0 amide bonds. The lowest BCUT2D eigenvalue weighted by Gasteiger charge is -2.41. The Kier molecular flexibility index (Phi) is 12.1. The first-order valence-corrected chi connectivity index (χ1v) is 22.0. The largest absolute Gasteiger partial charge is 0.377 e. The maximum Gasteiger partial charge on any atom is 0.213 e. The molecule has 43 heavy (non-hydrogen) atoms. The van der Waals surface area contributed by atoms with E-state index < -0.39 is 18.1 Å². The van der Waals surface area contributed by atoms with E-state index in [2.05, 4.69) is 99.1 Å². The Bertz CT molecular complexity index is 1210. The fourth-order valence-electron chi connectivity index (χ4n) is 7.20. The Morgan fingerprint density at radius 1 is 0.930 bits per heavy atom. The van der Waals surface area contributed by atoms with Gasteiger partial charge in [0.05, 0.1) is 25.0 Å². The molecule has 0 radical (unpaired) electrons. The Morgan fingerprint density at radius 2 is 1.53 bits per heavy atom. The van der Waals surface area contributed by atoms with Crippen LogP contribution in [-0.2, 0) is 26.0 Å². The number of sulfonamides is 1. The summed E-state index contributed by atoms with van der Waals surface area (Å²) in [6.07, 6.45) is 8.59. The Labute approximate surface area is 263 Å². The predicted octanol–water partition coefficient (Wildman–Crippen LogP) is 7.51. The van der Waals surface area contributed by atoms with Crippen LogP contribution in [0.1, 0.15) is 75.8 Å². The second-order valence-corrected chi connectivity index (χ2v) is 21.7. The summed E-state index contributed by atoms with van der Waals surface area (Å²) in [5.41, 5.74) is 2.57. The van der Waals surface area contributed by atoms with Crippen molar-refractivity contribution in [2.45, 2.75) is 121 Å². The summed E-state index contributed by atoms with van der Waals surface area (Å²) in [6, 6.07) is 22.2. The van der Waals surface area contributed by atoms with Crippen molar-refractivity contribution >= 4 is 18.1 Å². The van der Waals surface area contributed by atoms with E-state index in [4.69, 9.17) is 9.47 Å². The van der Waals surface area contributed by atoms with E-state index in [9.17, 15) is 8.42 Å². The van der Waals surface area contributed by atoms with Crippen molar-refractivity contribution in [3.8, 4) is 0 Å². The SMILES string of the molecule is CCC1(CC)C[C@H](N(COCC[Si](C)(C)C)S(C)(=O)=O)[C@H](COC2CCC(c3ccccc3)CC2)N1Cc1ccccc1. The van der Waals surface area contributed by atoms with Crippen LogP contribution in [0.3, 0.4) is 0 Å². The summed E-state index contributed by atoms with van der Waals surface area (Å²) >= 11 is 0. The lowest BCUT2D eigenvalue weighted by atomic mass is 9.83. The van der Waals surface area contributed by atoms with Gasteiger partial charge >= 0.3 is 0 Å². The van der Waals surface area contributed by atoms with Gasteiger partial charge in [0.2, 0.25) is 10.0 Å². The van der Waals surface area contributed by atoms with Crippen molar-refractivity contribution < 1.29 is 17.9 Å². The third-order valence-electron chi connectivity index (χ3n) is 10.0. The fourth-order valence-corrected chi connectivity index (χ4v) is 8.93. The Hall–Kier alpha value is -1.55. The number of rotatable bonds is 15. The summed E-state index contributed by atoms with van der Waals surface area (Å²) in [5.74, 6) is 0.594. The van der Waals surface area contributed by atoms with E-state index in [1.807, 2.05) is 0 Å². The first-order valence-electron chi connectivity index (χ1n) is 16.5. The summed E-state index contributed by atoms with van der Waals surface area (Å²) in [7, 11) is -4.79. The Balaban J connectivity index is 1.56. The van der Waals surface area contributed by atoms with Crippen LogP contribution in [0.5, 0.6) is 0 Å². The van der Waals surface area contributed by atoms with Crippen LogP contribution >= 0.6 is 0 Å². The topological polar surface area (TPSA) is 59.1 Å². The number of benzene rings is 2. The standard InChI is InChI=1S/C35H56N2O4SSi/c1-7-35(8-2)25-33(37(42(3,38)39)28-40-23-24-43(4,5)6)34(36(35)26-29-15-11-9-12-16-29)27-41-32-21-19-31(20-22-32)30-17-13-10-14-18-30/h9-18,31-34H,7-8,19-28H2,1-6H3/t31?,32?,33-,34-/m0/s1. The molecule has 2 aromatic rings. The van der Waals surface area contributed by atoms with Crippen LogP contribution in [-0.4, -0.2) is 75.6 Å².